The van der Waals surface area contributed by atoms with Gasteiger partial charge in [0.2, 0.25) is 5.91 Å². The molecule has 4 heteroatoms. The molecule has 0 aliphatic carbocycles. The number of hydrogen-bond acceptors (Lipinski definition) is 3. The van der Waals surface area contributed by atoms with Crippen molar-refractivity contribution in [2.75, 3.05) is 0 Å². The van der Waals surface area contributed by atoms with E-state index in [1.807, 2.05) is 43.3 Å². The quantitative estimate of drug-likeness (QED) is 0.654. The van der Waals surface area contributed by atoms with Gasteiger partial charge in [0.1, 0.15) is 5.75 Å². The first kappa shape index (κ1) is 14.8. The fraction of sp³-hybridized carbons (Fsp3) is 0.176. The topological polar surface area (TPSA) is 61.7 Å². The molecule has 0 fully saturated rings. The molecule has 0 radical (unpaired) electrons. The number of hydrogen-bond donors (Lipinski definition) is 2. The maximum atomic E-state index is 11.7. The van der Waals surface area contributed by atoms with Crippen molar-refractivity contribution in [1.82, 2.24) is 5.43 Å². The van der Waals surface area contributed by atoms with Crippen LogP contribution in [-0.2, 0) is 11.2 Å². The lowest BCUT2D eigenvalue weighted by molar-refractivity contribution is -0.121. The molecule has 2 rings (SSSR count). The van der Waals surface area contributed by atoms with E-state index in [9.17, 15) is 9.90 Å². The van der Waals surface area contributed by atoms with Crippen molar-refractivity contribution < 1.29 is 9.90 Å². The molecular weight excluding hydrogens is 264 g/mol. The summed E-state index contributed by atoms with van der Waals surface area (Å²) in [5.74, 6) is -0.00914. The highest BCUT2D eigenvalue weighted by Gasteiger charge is 2.01. The number of aryl methyl sites for hydroxylation is 2. The SMILES string of the molecule is Cc1ccc(O)c(/C=N/NC(=O)CCc2ccccc2)c1. The molecule has 0 saturated carbocycles. The van der Waals surface area contributed by atoms with Crippen molar-refractivity contribution in [2.45, 2.75) is 19.8 Å². The van der Waals surface area contributed by atoms with Crippen molar-refractivity contribution in [3.8, 4) is 5.75 Å². The maximum absolute atomic E-state index is 11.7. The van der Waals surface area contributed by atoms with Crippen molar-refractivity contribution in [3.63, 3.8) is 0 Å². The second-order valence-electron chi connectivity index (χ2n) is 4.84. The van der Waals surface area contributed by atoms with Gasteiger partial charge in [0.15, 0.2) is 0 Å². The van der Waals surface area contributed by atoms with Crippen LogP contribution in [0.1, 0.15) is 23.1 Å². The second kappa shape index (κ2) is 7.24. The summed E-state index contributed by atoms with van der Waals surface area (Å²) in [6, 6.07) is 15.0. The van der Waals surface area contributed by atoms with Crippen LogP contribution in [-0.4, -0.2) is 17.2 Å². The second-order valence-corrected chi connectivity index (χ2v) is 4.84. The first-order valence-corrected chi connectivity index (χ1v) is 6.80. The summed E-state index contributed by atoms with van der Waals surface area (Å²) in [6.45, 7) is 1.93. The summed E-state index contributed by atoms with van der Waals surface area (Å²) in [7, 11) is 0. The summed E-state index contributed by atoms with van der Waals surface area (Å²) in [4.78, 5) is 11.7. The lowest BCUT2D eigenvalue weighted by Gasteiger charge is -2.02. The number of phenols is 1. The van der Waals surface area contributed by atoms with Crippen LogP contribution in [0.3, 0.4) is 0 Å². The highest BCUT2D eigenvalue weighted by molar-refractivity contribution is 5.85. The van der Waals surface area contributed by atoms with Crippen LogP contribution in [0.2, 0.25) is 0 Å². The Morgan fingerprint density at radius 1 is 1.24 bits per heavy atom. The Kier molecular flexibility index (Phi) is 5.10. The lowest BCUT2D eigenvalue weighted by atomic mass is 10.1. The molecule has 21 heavy (non-hydrogen) atoms. The standard InChI is InChI=1S/C17H18N2O2/c1-13-7-9-16(20)15(11-13)12-18-19-17(21)10-8-14-5-3-2-4-6-14/h2-7,9,11-12,20H,8,10H2,1H3,(H,19,21)/b18-12+. The molecule has 1 amide bonds. The van der Waals surface area contributed by atoms with Gasteiger partial charge in [-0.25, -0.2) is 5.43 Å². The van der Waals surface area contributed by atoms with Gasteiger partial charge >= 0.3 is 0 Å². The Morgan fingerprint density at radius 2 is 2.00 bits per heavy atom. The molecule has 108 valence electrons. The average Bonchev–Trinajstić information content (AvgIpc) is 2.50. The van der Waals surface area contributed by atoms with E-state index in [-0.39, 0.29) is 11.7 Å². The number of benzene rings is 2. The van der Waals surface area contributed by atoms with Crippen molar-refractivity contribution >= 4 is 12.1 Å². The van der Waals surface area contributed by atoms with E-state index in [0.717, 1.165) is 11.1 Å². The molecule has 0 saturated heterocycles. The van der Waals surface area contributed by atoms with Crippen LogP contribution in [0.4, 0.5) is 0 Å². The summed E-state index contributed by atoms with van der Waals surface area (Å²) < 4.78 is 0. The number of rotatable bonds is 5. The minimum atomic E-state index is -0.151. The molecule has 0 aliphatic heterocycles. The van der Waals surface area contributed by atoms with E-state index >= 15 is 0 Å². The molecule has 2 aromatic carbocycles. The molecule has 2 N–H and O–H groups in total. The lowest BCUT2D eigenvalue weighted by Crippen LogP contribution is -2.17. The maximum Gasteiger partial charge on any atom is 0.240 e. The molecular formula is C17H18N2O2. The first-order chi connectivity index (χ1) is 10.1. The van der Waals surface area contributed by atoms with Crippen LogP contribution in [0.25, 0.3) is 0 Å². The highest BCUT2D eigenvalue weighted by Crippen LogP contribution is 2.15. The Labute approximate surface area is 124 Å². The van der Waals surface area contributed by atoms with Crippen LogP contribution >= 0.6 is 0 Å². The molecule has 2 aromatic rings. The fourth-order valence-electron chi connectivity index (χ4n) is 1.91. The van der Waals surface area contributed by atoms with Crippen molar-refractivity contribution in [2.24, 2.45) is 5.10 Å². The zero-order valence-corrected chi connectivity index (χ0v) is 11.9. The van der Waals surface area contributed by atoms with E-state index < -0.39 is 0 Å². The molecule has 0 bridgehead atoms. The van der Waals surface area contributed by atoms with Crippen molar-refractivity contribution in [1.29, 1.82) is 0 Å². The fourth-order valence-corrected chi connectivity index (χ4v) is 1.91. The number of aromatic hydroxyl groups is 1. The number of nitrogens with zero attached hydrogens (tertiary/aromatic N) is 1. The Hall–Kier alpha value is -2.62. The highest BCUT2D eigenvalue weighted by atomic mass is 16.3. The van der Waals surface area contributed by atoms with Crippen LogP contribution < -0.4 is 5.43 Å². The van der Waals surface area contributed by atoms with Gasteiger partial charge in [-0.1, -0.05) is 42.0 Å². The van der Waals surface area contributed by atoms with Gasteiger partial charge in [-0.2, -0.15) is 5.10 Å². The molecule has 0 aliphatic rings. The molecule has 0 heterocycles. The number of nitrogens with one attached hydrogen (secondary N) is 1. The summed E-state index contributed by atoms with van der Waals surface area (Å²) >= 11 is 0. The van der Waals surface area contributed by atoms with Crippen LogP contribution in [0, 0.1) is 6.92 Å². The monoisotopic (exact) mass is 282 g/mol. The minimum Gasteiger partial charge on any atom is -0.507 e. The number of carbonyl (C=O) groups excluding carboxylic acids is 1. The van der Waals surface area contributed by atoms with Gasteiger partial charge in [0.05, 0.1) is 6.21 Å². The van der Waals surface area contributed by atoms with Gasteiger partial charge in [0.25, 0.3) is 0 Å². The molecule has 4 nitrogen and oxygen atoms in total. The van der Waals surface area contributed by atoms with Gasteiger partial charge < -0.3 is 5.11 Å². The van der Waals surface area contributed by atoms with Crippen LogP contribution in [0.15, 0.2) is 53.6 Å². The number of hydrazone groups is 1. The third-order valence-electron chi connectivity index (χ3n) is 3.06. The van der Waals surface area contributed by atoms with Gasteiger partial charge in [-0.3, -0.25) is 4.79 Å². The smallest absolute Gasteiger partial charge is 0.240 e. The molecule has 0 atom stereocenters. The van der Waals surface area contributed by atoms with Gasteiger partial charge in [-0.15, -0.1) is 0 Å². The number of amides is 1. The summed E-state index contributed by atoms with van der Waals surface area (Å²) in [5, 5.41) is 13.5. The van der Waals surface area contributed by atoms with Crippen molar-refractivity contribution in [3.05, 3.63) is 65.2 Å². The minimum absolute atomic E-state index is 0.142. The van der Waals surface area contributed by atoms with Gasteiger partial charge in [-0.05, 0) is 31.0 Å². The molecule has 0 unspecified atom stereocenters. The largest absolute Gasteiger partial charge is 0.507 e. The van der Waals surface area contributed by atoms with Gasteiger partial charge in [0, 0.05) is 12.0 Å². The summed E-state index contributed by atoms with van der Waals surface area (Å²) in [5.41, 5.74) is 5.19. The zero-order valence-electron chi connectivity index (χ0n) is 11.9. The van der Waals surface area contributed by atoms with Crippen LogP contribution in [0.5, 0.6) is 5.75 Å². The predicted octanol–water partition coefficient (Wildman–Crippen LogP) is 2.78. The average molecular weight is 282 g/mol. The summed E-state index contributed by atoms with van der Waals surface area (Å²) in [6.07, 6.45) is 2.50. The first-order valence-electron chi connectivity index (χ1n) is 6.80. The Morgan fingerprint density at radius 3 is 2.76 bits per heavy atom. The van der Waals surface area contributed by atoms with E-state index in [2.05, 4.69) is 10.5 Å². The Bertz CT molecular complexity index is 636. The van der Waals surface area contributed by atoms with E-state index in [1.165, 1.54) is 6.21 Å². The number of phenolic OH excluding ortho intramolecular Hbond substituents is 1. The predicted molar refractivity (Wildman–Crippen MR) is 83.3 cm³/mol. The number of carbonyl (C=O) groups is 1. The third-order valence-corrected chi connectivity index (χ3v) is 3.06. The Balaban J connectivity index is 1.83. The van der Waals surface area contributed by atoms with E-state index in [1.54, 1.807) is 12.1 Å². The van der Waals surface area contributed by atoms with E-state index in [4.69, 9.17) is 0 Å². The third kappa shape index (κ3) is 4.76. The zero-order chi connectivity index (χ0) is 15.1. The van der Waals surface area contributed by atoms with E-state index in [0.29, 0.717) is 18.4 Å². The normalized spacial score (nSPS) is 10.7. The molecule has 0 spiro atoms. The molecule has 0 aromatic heterocycles.